The zero-order valence-electron chi connectivity index (χ0n) is 22.4. The highest BCUT2D eigenvalue weighted by molar-refractivity contribution is 8.00. The van der Waals surface area contributed by atoms with Crippen molar-refractivity contribution in [2.24, 2.45) is 33.7 Å². The molecule has 4 aliphatic rings. The van der Waals surface area contributed by atoms with E-state index < -0.39 is 42.6 Å². The molecule has 212 valence electrons. The second-order valence-electron chi connectivity index (χ2n) is 11.8. The molecule has 4 heterocycles. The van der Waals surface area contributed by atoms with Crippen molar-refractivity contribution in [3.63, 3.8) is 0 Å². The van der Waals surface area contributed by atoms with Crippen LogP contribution in [0.15, 0.2) is 4.99 Å². The van der Waals surface area contributed by atoms with Crippen molar-refractivity contribution in [1.82, 2.24) is 20.9 Å². The molecule has 0 aliphatic carbocycles. The first-order valence-corrected chi connectivity index (χ1v) is 15.2. The molecule has 8 atom stereocenters. The smallest absolute Gasteiger partial charge is 0.228 e. The van der Waals surface area contributed by atoms with Gasteiger partial charge in [0.2, 0.25) is 5.91 Å². The van der Waals surface area contributed by atoms with Crippen molar-refractivity contribution in [2.75, 3.05) is 38.5 Å². The molecular formula is C26H47F2N7OS. The molecule has 8 unspecified atom stereocenters. The minimum atomic E-state index is -1.15. The number of carbonyl (C=O) groups excluding carboxylic acids is 1. The molecule has 37 heavy (non-hydrogen) atoms. The van der Waals surface area contributed by atoms with E-state index in [-0.39, 0.29) is 17.9 Å². The van der Waals surface area contributed by atoms with Crippen LogP contribution in [0.4, 0.5) is 8.78 Å². The average molecular weight is 544 g/mol. The number of carbonyl (C=O) groups is 1. The van der Waals surface area contributed by atoms with Crippen LogP contribution >= 0.6 is 11.8 Å². The fourth-order valence-corrected chi connectivity index (χ4v) is 7.88. The Balaban J connectivity index is 1.45. The van der Waals surface area contributed by atoms with E-state index in [1.54, 1.807) is 0 Å². The number of alkyl halides is 2. The molecule has 0 aromatic rings. The van der Waals surface area contributed by atoms with Crippen LogP contribution in [0.2, 0.25) is 0 Å². The summed E-state index contributed by atoms with van der Waals surface area (Å²) in [5.74, 6) is 0.613. The molecule has 0 bridgehead atoms. The van der Waals surface area contributed by atoms with Gasteiger partial charge in [-0.1, -0.05) is 20.3 Å². The Labute approximate surface area is 224 Å². The summed E-state index contributed by atoms with van der Waals surface area (Å²) < 4.78 is 29.7. The molecule has 1 amide bonds. The molecule has 0 aromatic carbocycles. The number of amides is 1. The van der Waals surface area contributed by atoms with E-state index in [1.165, 1.54) is 6.21 Å². The molecule has 8 nitrogen and oxygen atoms in total. The number of thioether (sulfide) groups is 1. The van der Waals surface area contributed by atoms with Crippen molar-refractivity contribution in [1.29, 1.82) is 0 Å². The first-order chi connectivity index (χ1) is 17.7. The Morgan fingerprint density at radius 1 is 1.27 bits per heavy atom. The van der Waals surface area contributed by atoms with Gasteiger partial charge < -0.3 is 27.4 Å². The van der Waals surface area contributed by atoms with Gasteiger partial charge in [0.05, 0.1) is 35.6 Å². The van der Waals surface area contributed by atoms with Crippen molar-refractivity contribution >= 4 is 23.9 Å². The lowest BCUT2D eigenvalue weighted by atomic mass is 9.73. The summed E-state index contributed by atoms with van der Waals surface area (Å²) in [7, 11) is 0. The molecular weight excluding hydrogens is 496 g/mol. The van der Waals surface area contributed by atoms with Gasteiger partial charge in [0.25, 0.3) is 0 Å². The van der Waals surface area contributed by atoms with Crippen LogP contribution < -0.4 is 27.4 Å². The molecule has 0 radical (unpaired) electrons. The van der Waals surface area contributed by atoms with Gasteiger partial charge in [-0.05, 0) is 56.5 Å². The van der Waals surface area contributed by atoms with Gasteiger partial charge in [0.1, 0.15) is 12.3 Å². The van der Waals surface area contributed by atoms with Crippen LogP contribution in [0.5, 0.6) is 0 Å². The lowest BCUT2D eigenvalue weighted by Gasteiger charge is -2.46. The minimum absolute atomic E-state index is 0.157. The highest BCUT2D eigenvalue weighted by Crippen LogP contribution is 2.38. The largest absolute Gasteiger partial charge is 0.350 e. The standard InChI is InChI=1S/C26H47F2N7OS/c1-3-26(2)7-4-17(27)13-33-19(12-26)21(23(29)30)24(36)34-20-15-31-14-18(28)22(20)35-9-5-16(6-10-35)25-32-8-11-37-25/h13,16-23,25,31-32H,3-12,14-15,29-30H2,1-2H3,(H,34,36)/b33-13-. The second-order valence-corrected chi connectivity index (χ2v) is 13.0. The number of rotatable bonds is 7. The monoisotopic (exact) mass is 543 g/mol. The van der Waals surface area contributed by atoms with Gasteiger partial charge in [-0.15, -0.1) is 11.8 Å². The third kappa shape index (κ3) is 7.22. The van der Waals surface area contributed by atoms with Crippen molar-refractivity contribution in [2.45, 2.75) is 94.4 Å². The van der Waals surface area contributed by atoms with Crippen LogP contribution in [-0.4, -0.2) is 97.5 Å². The molecule has 4 rings (SSSR count). The van der Waals surface area contributed by atoms with Crippen LogP contribution in [0.3, 0.4) is 0 Å². The molecule has 0 saturated carbocycles. The fourth-order valence-electron chi connectivity index (χ4n) is 6.61. The van der Waals surface area contributed by atoms with Crippen LogP contribution in [0.1, 0.15) is 52.4 Å². The first-order valence-electron chi connectivity index (χ1n) is 14.1. The number of likely N-dealkylation sites (tertiary alicyclic amines) is 1. The summed E-state index contributed by atoms with van der Waals surface area (Å²) in [6.45, 7) is 7.65. The van der Waals surface area contributed by atoms with E-state index in [4.69, 9.17) is 11.5 Å². The van der Waals surface area contributed by atoms with E-state index >= 15 is 4.39 Å². The lowest BCUT2D eigenvalue weighted by Crippen LogP contribution is -2.67. The average Bonchev–Trinajstić information content (AvgIpc) is 3.40. The molecule has 0 aromatic heterocycles. The van der Waals surface area contributed by atoms with Crippen LogP contribution in [0.25, 0.3) is 0 Å². The third-order valence-electron chi connectivity index (χ3n) is 9.13. The maximum Gasteiger partial charge on any atom is 0.228 e. The van der Waals surface area contributed by atoms with Gasteiger partial charge in [0.15, 0.2) is 0 Å². The number of nitrogens with zero attached hydrogens (tertiary/aromatic N) is 2. The van der Waals surface area contributed by atoms with Gasteiger partial charge in [-0.25, -0.2) is 8.78 Å². The Bertz CT molecular complexity index is 778. The summed E-state index contributed by atoms with van der Waals surface area (Å²) in [5, 5.41) is 10.3. The summed E-state index contributed by atoms with van der Waals surface area (Å²) in [4.78, 5) is 20.4. The third-order valence-corrected chi connectivity index (χ3v) is 10.5. The van der Waals surface area contributed by atoms with Gasteiger partial charge in [0, 0.05) is 31.6 Å². The summed E-state index contributed by atoms with van der Waals surface area (Å²) >= 11 is 1.99. The van der Waals surface area contributed by atoms with Gasteiger partial charge in [-0.3, -0.25) is 14.7 Å². The molecule has 0 spiro atoms. The number of hydrogen-bond acceptors (Lipinski definition) is 8. The Hall–Kier alpha value is -0.850. The molecule has 4 aliphatic heterocycles. The maximum absolute atomic E-state index is 15.3. The number of halogens is 2. The summed E-state index contributed by atoms with van der Waals surface area (Å²) in [5.41, 5.74) is 12.1. The highest BCUT2D eigenvalue weighted by atomic mass is 32.2. The topological polar surface area (TPSA) is 121 Å². The highest BCUT2D eigenvalue weighted by Gasteiger charge is 2.43. The number of nitrogens with two attached hydrogens (primary N) is 2. The molecule has 7 N–H and O–H groups in total. The van der Waals surface area contributed by atoms with Crippen LogP contribution in [0, 0.1) is 17.3 Å². The van der Waals surface area contributed by atoms with E-state index in [9.17, 15) is 9.18 Å². The Morgan fingerprint density at radius 2 is 2.03 bits per heavy atom. The number of aliphatic imine (C=N–C) groups is 1. The lowest BCUT2D eigenvalue weighted by molar-refractivity contribution is -0.128. The number of nitrogens with one attached hydrogen (secondary N) is 3. The molecule has 11 heteroatoms. The van der Waals surface area contributed by atoms with E-state index in [0.717, 1.165) is 44.6 Å². The Kier molecular flexibility index (Phi) is 10.2. The predicted molar refractivity (Wildman–Crippen MR) is 147 cm³/mol. The Morgan fingerprint density at radius 3 is 2.68 bits per heavy atom. The van der Waals surface area contributed by atoms with E-state index in [2.05, 4.69) is 39.7 Å². The normalized spacial score (nSPS) is 40.2. The van der Waals surface area contributed by atoms with Crippen LogP contribution in [-0.2, 0) is 4.79 Å². The zero-order chi connectivity index (χ0) is 26.6. The SMILES string of the molecule is CCC1(C)CCC(F)/C=N\C(C(C(=O)NC2CNCC(F)C2N2CCC(C3NCCS3)CC2)C(N)N)C1. The summed E-state index contributed by atoms with van der Waals surface area (Å²) in [6, 6.07) is -1.33. The molecule has 3 fully saturated rings. The van der Waals surface area contributed by atoms with Crippen molar-refractivity contribution in [3.05, 3.63) is 0 Å². The molecule has 3 saturated heterocycles. The first kappa shape index (κ1) is 29.1. The van der Waals surface area contributed by atoms with Gasteiger partial charge >= 0.3 is 0 Å². The predicted octanol–water partition coefficient (Wildman–Crippen LogP) is 1.39. The van der Waals surface area contributed by atoms with Gasteiger partial charge in [-0.2, -0.15) is 0 Å². The maximum atomic E-state index is 15.3. The number of hydrogen-bond donors (Lipinski definition) is 5. The fraction of sp³-hybridized carbons (Fsp3) is 0.923. The number of piperidine rings is 2. The minimum Gasteiger partial charge on any atom is -0.350 e. The summed E-state index contributed by atoms with van der Waals surface area (Å²) in [6.07, 6.45) is 2.76. The second kappa shape index (κ2) is 13.0. The zero-order valence-corrected chi connectivity index (χ0v) is 23.2. The van der Waals surface area contributed by atoms with Crippen molar-refractivity contribution < 1.29 is 13.6 Å². The quantitative estimate of drug-likeness (QED) is 0.308. The van der Waals surface area contributed by atoms with E-state index in [1.807, 2.05) is 11.8 Å². The van der Waals surface area contributed by atoms with E-state index in [0.29, 0.717) is 37.1 Å². The van der Waals surface area contributed by atoms with Crippen molar-refractivity contribution in [3.8, 4) is 0 Å².